The van der Waals surface area contributed by atoms with Crippen molar-refractivity contribution in [3.05, 3.63) is 78.0 Å². The molecule has 2 amide bonds. The van der Waals surface area contributed by atoms with Gasteiger partial charge in [0.15, 0.2) is 6.39 Å². The molecular formula is C31H38BN5O5. The van der Waals surface area contributed by atoms with Gasteiger partial charge in [0.1, 0.15) is 11.5 Å². The summed E-state index contributed by atoms with van der Waals surface area (Å²) >= 11 is 0. The van der Waals surface area contributed by atoms with Crippen molar-refractivity contribution in [2.24, 2.45) is 23.0 Å². The van der Waals surface area contributed by atoms with Crippen LogP contribution in [0.25, 0.3) is 0 Å². The molecule has 1 aromatic carbocycles. The Balaban J connectivity index is 1.26. The molecule has 42 heavy (non-hydrogen) atoms. The van der Waals surface area contributed by atoms with Gasteiger partial charge in [-0.2, -0.15) is 0 Å². The molecule has 3 N–H and O–H groups in total. The fourth-order valence-corrected chi connectivity index (χ4v) is 7.45. The minimum absolute atomic E-state index is 0.0146. The average molecular weight is 571 g/mol. The van der Waals surface area contributed by atoms with Gasteiger partial charge >= 0.3 is 7.12 Å². The second kappa shape index (κ2) is 11.3. The monoisotopic (exact) mass is 571 g/mol. The van der Waals surface area contributed by atoms with Crippen LogP contribution in [0.1, 0.15) is 79.9 Å². The van der Waals surface area contributed by atoms with E-state index in [1.165, 1.54) is 24.4 Å². The van der Waals surface area contributed by atoms with Gasteiger partial charge < -0.3 is 24.8 Å². The summed E-state index contributed by atoms with van der Waals surface area (Å²) in [6.45, 7) is 6.83. The van der Waals surface area contributed by atoms with Crippen molar-refractivity contribution in [2.45, 2.75) is 82.9 Å². The van der Waals surface area contributed by atoms with E-state index in [4.69, 9.17) is 19.5 Å². The van der Waals surface area contributed by atoms with E-state index in [1.807, 2.05) is 18.2 Å². The number of carbonyl (C=O) groups excluding carboxylic acids is 2. The van der Waals surface area contributed by atoms with Crippen LogP contribution in [-0.2, 0) is 26.9 Å². The number of nitrogens with two attached hydrogens (primary N) is 1. The highest BCUT2D eigenvalue weighted by Gasteiger charge is 2.68. The summed E-state index contributed by atoms with van der Waals surface area (Å²) in [4.78, 5) is 38.8. The molecule has 6 atom stereocenters. The number of nitrogens with zero attached hydrogens (tertiary/aromatic N) is 3. The van der Waals surface area contributed by atoms with Crippen molar-refractivity contribution in [3.8, 4) is 0 Å². The van der Waals surface area contributed by atoms with Crippen molar-refractivity contribution in [1.82, 2.24) is 20.3 Å². The predicted octanol–water partition coefficient (Wildman–Crippen LogP) is 3.67. The first-order valence-corrected chi connectivity index (χ1v) is 14.8. The highest BCUT2D eigenvalue weighted by atomic mass is 16.7. The molecule has 220 valence electrons. The van der Waals surface area contributed by atoms with Crippen LogP contribution in [0.15, 0.2) is 59.7 Å². The van der Waals surface area contributed by atoms with E-state index in [0.29, 0.717) is 24.0 Å². The lowest BCUT2D eigenvalue weighted by molar-refractivity contribution is -0.199. The number of oxazole rings is 1. The Hall–Kier alpha value is -3.57. The summed E-state index contributed by atoms with van der Waals surface area (Å²) in [6, 6.07) is 10.3. The topological polar surface area (TPSA) is 142 Å². The third kappa shape index (κ3) is 5.24. The summed E-state index contributed by atoms with van der Waals surface area (Å²) in [5, 5.41) is 3.23. The van der Waals surface area contributed by atoms with Crippen molar-refractivity contribution in [1.29, 1.82) is 0 Å². The molecule has 4 aliphatic rings. The zero-order chi connectivity index (χ0) is 29.5. The highest BCUT2D eigenvalue weighted by molar-refractivity contribution is 6.47. The van der Waals surface area contributed by atoms with Crippen LogP contribution in [0.4, 0.5) is 0 Å². The predicted molar refractivity (Wildman–Crippen MR) is 155 cm³/mol. The van der Waals surface area contributed by atoms with Crippen LogP contribution in [0.5, 0.6) is 0 Å². The lowest BCUT2D eigenvalue weighted by Gasteiger charge is -2.64. The fraction of sp³-hybridized carbons (Fsp3) is 0.516. The molecule has 2 aromatic heterocycles. The lowest BCUT2D eigenvalue weighted by atomic mass is 9.43. The van der Waals surface area contributed by atoms with Crippen LogP contribution in [0.2, 0.25) is 0 Å². The maximum Gasteiger partial charge on any atom is 0.481 e. The first-order valence-electron chi connectivity index (χ1n) is 14.8. The smallest absolute Gasteiger partial charge is 0.448 e. The molecule has 0 spiro atoms. The minimum Gasteiger partial charge on any atom is -0.448 e. The summed E-state index contributed by atoms with van der Waals surface area (Å²) in [6.07, 6.45) is 10.2. The van der Waals surface area contributed by atoms with Gasteiger partial charge in [-0.05, 0) is 61.8 Å². The number of hydrogen-bond acceptors (Lipinski definition) is 8. The van der Waals surface area contributed by atoms with Crippen LogP contribution < -0.4 is 11.1 Å². The molecule has 0 radical (unpaired) electrons. The Labute approximate surface area is 246 Å². The number of benzene rings is 1. The van der Waals surface area contributed by atoms with Gasteiger partial charge in [0.25, 0.3) is 5.91 Å². The Kier molecular flexibility index (Phi) is 7.65. The second-order valence-corrected chi connectivity index (χ2v) is 12.7. The summed E-state index contributed by atoms with van der Waals surface area (Å²) in [7, 11) is -0.599. The molecule has 3 aromatic rings. The van der Waals surface area contributed by atoms with Crippen LogP contribution in [0, 0.1) is 17.3 Å². The maximum atomic E-state index is 14.1. The van der Waals surface area contributed by atoms with Crippen molar-refractivity contribution in [2.75, 3.05) is 0 Å². The first kappa shape index (κ1) is 28.5. The zero-order valence-electron chi connectivity index (χ0n) is 24.4. The van der Waals surface area contributed by atoms with Crippen LogP contribution in [0.3, 0.4) is 0 Å². The van der Waals surface area contributed by atoms with E-state index >= 15 is 0 Å². The van der Waals surface area contributed by atoms with Crippen LogP contribution >= 0.6 is 0 Å². The van der Waals surface area contributed by atoms with E-state index in [2.05, 4.69) is 53.2 Å². The quantitative estimate of drug-likeness (QED) is 0.332. The molecule has 11 heteroatoms. The summed E-state index contributed by atoms with van der Waals surface area (Å²) < 4.78 is 18.9. The van der Waals surface area contributed by atoms with Gasteiger partial charge in [0.2, 0.25) is 5.91 Å². The molecule has 4 fully saturated rings. The first-order chi connectivity index (χ1) is 20.2. The Morgan fingerprint density at radius 3 is 2.64 bits per heavy atom. The molecule has 1 saturated heterocycles. The van der Waals surface area contributed by atoms with Gasteiger partial charge in [-0.3, -0.25) is 14.6 Å². The molecule has 10 nitrogen and oxygen atoms in total. The molecule has 2 bridgehead atoms. The van der Waals surface area contributed by atoms with Gasteiger partial charge in [0.05, 0.1) is 35.5 Å². The number of aryl methyl sites for hydroxylation is 1. The zero-order valence-corrected chi connectivity index (χ0v) is 24.4. The van der Waals surface area contributed by atoms with Gasteiger partial charge in [-0.1, -0.05) is 44.2 Å². The van der Waals surface area contributed by atoms with E-state index in [-0.39, 0.29) is 35.2 Å². The van der Waals surface area contributed by atoms with E-state index in [0.717, 1.165) is 25.7 Å². The van der Waals surface area contributed by atoms with E-state index in [9.17, 15) is 9.59 Å². The van der Waals surface area contributed by atoms with Crippen LogP contribution in [-0.4, -0.2) is 51.5 Å². The SMILES string of the molecule is CC1(C)[C@@H]2C[C@H]3OB([C@H](CCCc4ccccc4)NC(=O)C(Cc4cnco4)c4nccnc4C(N)=O)O[C@@]3(C)[C@H]1C2. The molecular weight excluding hydrogens is 533 g/mol. The Bertz CT molecular complexity index is 1420. The molecule has 7 rings (SSSR count). The number of carbonyl (C=O) groups is 2. The lowest BCUT2D eigenvalue weighted by Crippen LogP contribution is -2.65. The van der Waals surface area contributed by atoms with Gasteiger partial charge in [-0.15, -0.1) is 0 Å². The molecule has 3 heterocycles. The number of hydrogen-bond donors (Lipinski definition) is 2. The second-order valence-electron chi connectivity index (χ2n) is 12.7. The minimum atomic E-state index is -0.892. The molecule has 3 saturated carbocycles. The van der Waals surface area contributed by atoms with E-state index < -0.39 is 30.5 Å². The number of aromatic nitrogens is 3. The number of rotatable bonds is 11. The average Bonchev–Trinajstić information content (AvgIpc) is 3.62. The molecule has 1 unspecified atom stereocenters. The standard InChI is InChI=1S/C31H38BN5O5/c1-30(2)20-14-23(30)31(3)24(15-20)41-32(42-31)25(11-7-10-19-8-5-4-6-9-19)37-29(39)22(16-21-17-34-18-40-21)26-27(28(33)38)36-13-12-35-26/h4-6,8-9,12-13,17-18,20,22-25H,7,10-11,14-16H2,1-3H3,(H2,33,38)(H,37,39)/t20-,22?,23-,24+,25-,31-/m0/s1. The van der Waals surface area contributed by atoms with E-state index in [1.54, 1.807) is 6.20 Å². The largest absolute Gasteiger partial charge is 0.481 e. The van der Waals surface area contributed by atoms with Crippen molar-refractivity contribution in [3.63, 3.8) is 0 Å². The fourth-order valence-electron chi connectivity index (χ4n) is 7.45. The summed E-state index contributed by atoms with van der Waals surface area (Å²) in [5.41, 5.74) is 6.79. The Morgan fingerprint density at radius 2 is 1.93 bits per heavy atom. The van der Waals surface area contributed by atoms with Crippen molar-refractivity contribution < 1.29 is 23.3 Å². The maximum absolute atomic E-state index is 14.1. The summed E-state index contributed by atoms with van der Waals surface area (Å²) in [5.74, 6) is -0.914. The molecule has 3 aliphatic carbocycles. The number of amides is 2. The third-order valence-corrected chi connectivity index (χ3v) is 9.94. The van der Waals surface area contributed by atoms with Gasteiger partial charge in [0, 0.05) is 18.8 Å². The third-order valence-electron chi connectivity index (χ3n) is 9.94. The number of nitrogens with one attached hydrogen (secondary N) is 1. The van der Waals surface area contributed by atoms with Gasteiger partial charge in [-0.25, -0.2) is 9.97 Å². The number of primary amides is 1. The molecule has 1 aliphatic heterocycles. The van der Waals surface area contributed by atoms with Crippen molar-refractivity contribution >= 4 is 18.9 Å². The normalized spacial score (nSPS) is 27.0. The Morgan fingerprint density at radius 1 is 1.14 bits per heavy atom. The highest BCUT2D eigenvalue weighted by Crippen LogP contribution is 2.65.